The molecule has 0 heterocycles. The molecule has 0 aromatic carbocycles. The smallest absolute Gasteiger partial charge is 0.00675 e. The molecule has 3 aliphatic carbocycles. The highest BCUT2D eigenvalue weighted by atomic mass is 14.9. The van der Waals surface area contributed by atoms with Crippen LogP contribution in [0, 0.1) is 16.7 Å². The summed E-state index contributed by atoms with van der Waals surface area (Å²) in [6.07, 6.45) is 13.2. The van der Waals surface area contributed by atoms with Crippen LogP contribution in [0.4, 0.5) is 0 Å². The van der Waals surface area contributed by atoms with Crippen molar-refractivity contribution in [3.05, 3.63) is 0 Å². The zero-order valence-electron chi connectivity index (χ0n) is 11.7. The van der Waals surface area contributed by atoms with E-state index >= 15 is 0 Å². The highest BCUT2D eigenvalue weighted by Gasteiger charge is 2.53. The predicted molar refractivity (Wildman–Crippen MR) is 73.0 cm³/mol. The second-order valence-corrected chi connectivity index (χ2v) is 7.81. The summed E-state index contributed by atoms with van der Waals surface area (Å²) in [4.78, 5) is 0. The largest absolute Gasteiger partial charge is 0.313 e. The maximum Gasteiger partial charge on any atom is 0.00675 e. The van der Waals surface area contributed by atoms with Crippen LogP contribution in [0.2, 0.25) is 0 Å². The second-order valence-electron chi connectivity index (χ2n) is 7.81. The summed E-state index contributed by atoms with van der Waals surface area (Å²) < 4.78 is 0. The van der Waals surface area contributed by atoms with Gasteiger partial charge in [-0.05, 0) is 68.1 Å². The van der Waals surface area contributed by atoms with Crippen LogP contribution in [0.3, 0.4) is 0 Å². The van der Waals surface area contributed by atoms with Crippen LogP contribution in [0.1, 0.15) is 71.6 Å². The predicted octanol–water partition coefficient (Wildman–Crippen LogP) is 4.13. The van der Waals surface area contributed by atoms with E-state index < -0.39 is 0 Å². The third kappa shape index (κ3) is 2.86. The first-order valence-corrected chi connectivity index (χ1v) is 7.83. The van der Waals surface area contributed by atoms with Crippen molar-refractivity contribution < 1.29 is 0 Å². The van der Waals surface area contributed by atoms with E-state index in [9.17, 15) is 0 Å². The Kier molecular flexibility index (Phi) is 3.01. The van der Waals surface area contributed by atoms with Crippen molar-refractivity contribution in [1.82, 2.24) is 5.32 Å². The fraction of sp³-hybridized carbons (Fsp3) is 1.00. The Morgan fingerprint density at radius 3 is 2.35 bits per heavy atom. The van der Waals surface area contributed by atoms with Crippen molar-refractivity contribution in [3.8, 4) is 0 Å². The van der Waals surface area contributed by atoms with E-state index in [0.717, 1.165) is 17.4 Å². The van der Waals surface area contributed by atoms with Gasteiger partial charge >= 0.3 is 0 Å². The van der Waals surface area contributed by atoms with Crippen LogP contribution in [0.15, 0.2) is 0 Å². The zero-order valence-corrected chi connectivity index (χ0v) is 11.7. The topological polar surface area (TPSA) is 12.0 Å². The molecule has 0 amide bonds. The molecular formula is C16H29N. The van der Waals surface area contributed by atoms with Gasteiger partial charge in [0.25, 0.3) is 0 Å². The lowest BCUT2D eigenvalue weighted by Gasteiger charge is -2.23. The van der Waals surface area contributed by atoms with Crippen LogP contribution in [-0.4, -0.2) is 12.6 Å². The van der Waals surface area contributed by atoms with E-state index in [1.54, 1.807) is 0 Å². The minimum atomic E-state index is 0.601. The van der Waals surface area contributed by atoms with Gasteiger partial charge in [-0.15, -0.1) is 0 Å². The van der Waals surface area contributed by atoms with Gasteiger partial charge in [0.1, 0.15) is 0 Å². The Labute approximate surface area is 107 Å². The van der Waals surface area contributed by atoms with Gasteiger partial charge in [0.05, 0.1) is 0 Å². The summed E-state index contributed by atoms with van der Waals surface area (Å²) in [5, 5.41) is 3.92. The van der Waals surface area contributed by atoms with Gasteiger partial charge in [-0.3, -0.25) is 0 Å². The number of rotatable bonds is 4. The summed E-state index contributed by atoms with van der Waals surface area (Å²) in [6, 6.07) is 0.827. The van der Waals surface area contributed by atoms with Crippen molar-refractivity contribution in [2.75, 3.05) is 6.54 Å². The molecule has 0 spiro atoms. The maximum absolute atomic E-state index is 3.92. The van der Waals surface area contributed by atoms with Gasteiger partial charge in [0.15, 0.2) is 0 Å². The molecule has 17 heavy (non-hydrogen) atoms. The molecule has 3 rings (SSSR count). The number of hydrogen-bond donors (Lipinski definition) is 1. The molecule has 3 aliphatic rings. The fourth-order valence-electron chi connectivity index (χ4n) is 3.80. The third-order valence-electron chi connectivity index (χ3n) is 5.65. The molecule has 1 heteroatoms. The average Bonchev–Trinajstić information content (AvgIpc) is 3.13. The molecule has 98 valence electrons. The molecule has 3 fully saturated rings. The van der Waals surface area contributed by atoms with Crippen LogP contribution in [0.25, 0.3) is 0 Å². The minimum Gasteiger partial charge on any atom is -0.313 e. The molecule has 0 aliphatic heterocycles. The van der Waals surface area contributed by atoms with Crippen LogP contribution in [-0.2, 0) is 0 Å². The zero-order chi connectivity index (χ0) is 11.9. The maximum atomic E-state index is 3.92. The fourth-order valence-corrected chi connectivity index (χ4v) is 3.80. The molecule has 0 saturated heterocycles. The SMILES string of the molecule is CC1(C)CCCC(NCC2(C3CC3)CC2)CC1. The minimum absolute atomic E-state index is 0.601. The van der Waals surface area contributed by atoms with Crippen molar-refractivity contribution >= 4 is 0 Å². The van der Waals surface area contributed by atoms with E-state index in [0.29, 0.717) is 5.41 Å². The van der Waals surface area contributed by atoms with Crippen LogP contribution in [0.5, 0.6) is 0 Å². The van der Waals surface area contributed by atoms with Crippen LogP contribution >= 0.6 is 0 Å². The highest BCUT2D eigenvalue weighted by Crippen LogP contribution is 2.60. The summed E-state index contributed by atoms with van der Waals surface area (Å²) in [7, 11) is 0. The standard InChI is InChI=1S/C16H29N/c1-15(2)8-3-4-14(7-9-15)17-12-16(10-11-16)13-5-6-13/h13-14,17H,3-12H2,1-2H3. The monoisotopic (exact) mass is 235 g/mol. The molecule has 0 aromatic heterocycles. The van der Waals surface area contributed by atoms with Crippen LogP contribution < -0.4 is 5.32 Å². The van der Waals surface area contributed by atoms with Gasteiger partial charge in [0, 0.05) is 12.6 Å². The molecule has 1 N–H and O–H groups in total. The van der Waals surface area contributed by atoms with Gasteiger partial charge in [-0.1, -0.05) is 20.3 Å². The molecule has 1 nitrogen and oxygen atoms in total. The Balaban J connectivity index is 1.46. The van der Waals surface area contributed by atoms with E-state index in [-0.39, 0.29) is 0 Å². The van der Waals surface area contributed by atoms with Crippen molar-refractivity contribution in [2.45, 2.75) is 77.7 Å². The Morgan fingerprint density at radius 2 is 1.71 bits per heavy atom. The second kappa shape index (κ2) is 4.26. The molecule has 0 radical (unpaired) electrons. The summed E-state index contributed by atoms with van der Waals surface area (Å²) >= 11 is 0. The Bertz CT molecular complexity index is 273. The number of nitrogens with one attached hydrogen (secondary N) is 1. The van der Waals surface area contributed by atoms with Gasteiger partial charge in [-0.25, -0.2) is 0 Å². The molecule has 0 bridgehead atoms. The quantitative estimate of drug-likeness (QED) is 0.723. The van der Waals surface area contributed by atoms with Crippen molar-refractivity contribution in [1.29, 1.82) is 0 Å². The molecule has 1 atom stereocenters. The molecule has 3 saturated carbocycles. The highest BCUT2D eigenvalue weighted by molar-refractivity contribution is 5.05. The van der Waals surface area contributed by atoms with E-state index in [4.69, 9.17) is 0 Å². The first kappa shape index (κ1) is 12.0. The summed E-state index contributed by atoms with van der Waals surface area (Å²) in [5.74, 6) is 1.11. The molecular weight excluding hydrogens is 206 g/mol. The van der Waals surface area contributed by atoms with E-state index in [1.165, 1.54) is 64.3 Å². The van der Waals surface area contributed by atoms with Gasteiger partial charge < -0.3 is 5.32 Å². The summed E-state index contributed by atoms with van der Waals surface area (Å²) in [6.45, 7) is 6.23. The Morgan fingerprint density at radius 1 is 0.941 bits per heavy atom. The molecule has 1 unspecified atom stereocenters. The van der Waals surface area contributed by atoms with Gasteiger partial charge in [0.2, 0.25) is 0 Å². The lowest BCUT2D eigenvalue weighted by molar-refractivity contribution is 0.305. The van der Waals surface area contributed by atoms with E-state index in [1.807, 2.05) is 0 Å². The Hall–Kier alpha value is -0.0400. The lowest BCUT2D eigenvalue weighted by atomic mass is 9.85. The van der Waals surface area contributed by atoms with E-state index in [2.05, 4.69) is 19.2 Å². The van der Waals surface area contributed by atoms with Crippen molar-refractivity contribution in [2.24, 2.45) is 16.7 Å². The molecule has 0 aromatic rings. The third-order valence-corrected chi connectivity index (χ3v) is 5.65. The average molecular weight is 235 g/mol. The van der Waals surface area contributed by atoms with Gasteiger partial charge in [-0.2, -0.15) is 0 Å². The normalized spacial score (nSPS) is 35.3. The lowest BCUT2D eigenvalue weighted by Crippen LogP contribution is -2.34. The first-order valence-electron chi connectivity index (χ1n) is 7.83. The van der Waals surface area contributed by atoms with Crippen molar-refractivity contribution in [3.63, 3.8) is 0 Å². The summed E-state index contributed by atoms with van der Waals surface area (Å²) in [5.41, 5.74) is 1.38. The first-order chi connectivity index (χ1) is 8.10. The number of hydrogen-bond acceptors (Lipinski definition) is 1.